The van der Waals surface area contributed by atoms with E-state index in [1.165, 1.54) is 6.07 Å². The summed E-state index contributed by atoms with van der Waals surface area (Å²) in [5, 5.41) is 10.1. The average molecular weight is 317 g/mol. The maximum absolute atomic E-state index is 14.1. The van der Waals surface area contributed by atoms with Crippen LogP contribution in [0.1, 0.15) is 35.1 Å². The lowest BCUT2D eigenvalue weighted by atomic mass is 10.0. The van der Waals surface area contributed by atoms with E-state index in [1.54, 1.807) is 0 Å². The van der Waals surface area contributed by atoms with Gasteiger partial charge in [0.1, 0.15) is 10.8 Å². The van der Waals surface area contributed by atoms with Crippen LogP contribution in [-0.4, -0.2) is 10.1 Å². The largest absolute Gasteiger partial charge is 0.419 e. The lowest BCUT2D eigenvalue weighted by Gasteiger charge is -2.14. The molecule has 0 radical (unpaired) electrons. The molecule has 1 atom stereocenters. The van der Waals surface area contributed by atoms with Crippen molar-refractivity contribution in [3.8, 4) is 10.6 Å². The number of halogens is 4. The summed E-state index contributed by atoms with van der Waals surface area (Å²) in [5.74, 6) is -1.31. The smallest absolute Gasteiger partial charge is 0.388 e. The molecule has 3 rings (SSSR count). The third-order valence-electron chi connectivity index (χ3n) is 3.46. The molecule has 1 heterocycles. The van der Waals surface area contributed by atoms with Crippen molar-refractivity contribution in [2.24, 2.45) is 0 Å². The molecule has 1 aromatic heterocycles. The summed E-state index contributed by atoms with van der Waals surface area (Å²) in [6.07, 6.45) is -3.38. The molecule has 0 amide bonds. The van der Waals surface area contributed by atoms with E-state index < -0.39 is 23.7 Å². The highest BCUT2D eigenvalue weighted by atomic mass is 32.1. The second-order valence-electron chi connectivity index (χ2n) is 4.90. The van der Waals surface area contributed by atoms with Crippen molar-refractivity contribution in [3.63, 3.8) is 0 Å². The number of aliphatic hydroxyl groups is 1. The molecule has 0 fully saturated rings. The maximum atomic E-state index is 14.1. The average Bonchev–Trinajstić information content (AvgIpc) is 2.83. The first-order valence-corrected chi connectivity index (χ1v) is 7.23. The fourth-order valence-electron chi connectivity index (χ4n) is 2.43. The van der Waals surface area contributed by atoms with E-state index in [0.29, 0.717) is 29.5 Å². The Morgan fingerprint density at radius 1 is 1.29 bits per heavy atom. The first-order valence-electron chi connectivity index (χ1n) is 6.41. The van der Waals surface area contributed by atoms with E-state index in [0.717, 1.165) is 23.8 Å². The predicted molar refractivity (Wildman–Crippen MR) is 70.4 cm³/mol. The zero-order valence-electron chi connectivity index (χ0n) is 10.7. The minimum atomic E-state index is -4.74. The second kappa shape index (κ2) is 5.06. The van der Waals surface area contributed by atoms with Crippen LogP contribution in [-0.2, 0) is 12.6 Å². The van der Waals surface area contributed by atoms with Crippen LogP contribution >= 0.6 is 11.3 Å². The quantitative estimate of drug-likeness (QED) is 0.794. The molecule has 0 bridgehead atoms. The number of aromatic nitrogens is 1. The Kier molecular flexibility index (Phi) is 3.49. The fraction of sp³-hybridized carbons (Fsp3) is 0.357. The summed E-state index contributed by atoms with van der Waals surface area (Å²) >= 11 is 1.06. The molecule has 1 aliphatic carbocycles. The summed E-state index contributed by atoms with van der Waals surface area (Å²) in [6, 6.07) is 3.15. The van der Waals surface area contributed by atoms with Crippen LogP contribution in [0, 0.1) is 5.82 Å². The molecule has 112 valence electrons. The van der Waals surface area contributed by atoms with E-state index in [-0.39, 0.29) is 10.6 Å². The Morgan fingerprint density at radius 3 is 2.71 bits per heavy atom. The van der Waals surface area contributed by atoms with Gasteiger partial charge in [-0.05, 0) is 31.4 Å². The van der Waals surface area contributed by atoms with Crippen molar-refractivity contribution in [2.45, 2.75) is 31.5 Å². The topological polar surface area (TPSA) is 33.1 Å². The zero-order valence-corrected chi connectivity index (χ0v) is 11.6. The van der Waals surface area contributed by atoms with Gasteiger partial charge in [0.2, 0.25) is 0 Å². The zero-order chi connectivity index (χ0) is 15.2. The van der Waals surface area contributed by atoms with E-state index in [2.05, 4.69) is 4.98 Å². The van der Waals surface area contributed by atoms with E-state index in [9.17, 15) is 22.7 Å². The van der Waals surface area contributed by atoms with Crippen LogP contribution in [0.25, 0.3) is 10.6 Å². The molecule has 0 saturated heterocycles. The number of hydrogen-bond acceptors (Lipinski definition) is 3. The van der Waals surface area contributed by atoms with Crippen LogP contribution in [0.3, 0.4) is 0 Å². The third kappa shape index (κ3) is 2.55. The minimum Gasteiger partial charge on any atom is -0.388 e. The number of thiazole rings is 1. The summed E-state index contributed by atoms with van der Waals surface area (Å²) in [5.41, 5.74) is -0.810. The SMILES string of the molecule is OC1CCCc2nc(-c3cccc(C(F)(F)F)c3F)sc21. The van der Waals surface area contributed by atoms with Gasteiger partial charge in [0.15, 0.2) is 0 Å². The molecule has 1 aromatic carbocycles. The number of hydrogen-bond donors (Lipinski definition) is 1. The molecule has 0 aliphatic heterocycles. The predicted octanol–water partition coefficient (Wildman–Crippen LogP) is 4.34. The lowest BCUT2D eigenvalue weighted by Crippen LogP contribution is -2.08. The van der Waals surface area contributed by atoms with Crippen LogP contribution in [0.15, 0.2) is 18.2 Å². The van der Waals surface area contributed by atoms with Crippen molar-refractivity contribution in [3.05, 3.63) is 40.2 Å². The first kappa shape index (κ1) is 14.5. The van der Waals surface area contributed by atoms with Crippen molar-refractivity contribution < 1.29 is 22.7 Å². The molecule has 1 aliphatic rings. The standard InChI is InChI=1S/C14H11F4NOS/c15-11-7(3-1-4-8(11)14(16,17)18)13-19-9-5-2-6-10(20)12(9)21-13/h1,3-4,10,20H,2,5-6H2. The van der Waals surface area contributed by atoms with E-state index >= 15 is 0 Å². The monoisotopic (exact) mass is 317 g/mol. The number of rotatable bonds is 1. The summed E-state index contributed by atoms with van der Waals surface area (Å²) in [6.45, 7) is 0. The summed E-state index contributed by atoms with van der Waals surface area (Å²) in [7, 11) is 0. The molecule has 1 N–H and O–H groups in total. The number of fused-ring (bicyclic) bond motifs is 1. The van der Waals surface area contributed by atoms with Gasteiger partial charge in [0.05, 0.1) is 22.2 Å². The van der Waals surface area contributed by atoms with Gasteiger partial charge in [0.25, 0.3) is 0 Å². The molecule has 1 unspecified atom stereocenters. The second-order valence-corrected chi connectivity index (χ2v) is 5.93. The number of benzene rings is 1. The number of alkyl halides is 3. The van der Waals surface area contributed by atoms with E-state index in [4.69, 9.17) is 0 Å². The first-order chi connectivity index (χ1) is 9.88. The highest BCUT2D eigenvalue weighted by molar-refractivity contribution is 7.15. The van der Waals surface area contributed by atoms with Crippen molar-refractivity contribution >= 4 is 11.3 Å². The fourth-order valence-corrected chi connectivity index (χ4v) is 3.58. The Labute approximate surface area is 122 Å². The van der Waals surface area contributed by atoms with Crippen LogP contribution in [0.4, 0.5) is 17.6 Å². The van der Waals surface area contributed by atoms with Gasteiger partial charge in [-0.25, -0.2) is 9.37 Å². The number of aliphatic hydroxyl groups excluding tert-OH is 1. The normalized spacial score (nSPS) is 18.6. The van der Waals surface area contributed by atoms with Gasteiger partial charge in [-0.15, -0.1) is 11.3 Å². The van der Waals surface area contributed by atoms with Gasteiger partial charge in [-0.2, -0.15) is 13.2 Å². The maximum Gasteiger partial charge on any atom is 0.419 e. The van der Waals surface area contributed by atoms with Crippen molar-refractivity contribution in [1.82, 2.24) is 4.98 Å². The summed E-state index contributed by atoms with van der Waals surface area (Å²) < 4.78 is 52.3. The Bertz CT molecular complexity index is 680. The van der Waals surface area contributed by atoms with Gasteiger partial charge < -0.3 is 5.11 Å². The highest BCUT2D eigenvalue weighted by Crippen LogP contribution is 2.40. The van der Waals surface area contributed by atoms with Crippen LogP contribution in [0.5, 0.6) is 0 Å². The lowest BCUT2D eigenvalue weighted by molar-refractivity contribution is -0.139. The minimum absolute atomic E-state index is 0.170. The highest BCUT2D eigenvalue weighted by Gasteiger charge is 2.35. The third-order valence-corrected chi connectivity index (χ3v) is 4.69. The van der Waals surface area contributed by atoms with Crippen LogP contribution in [0.2, 0.25) is 0 Å². The molecule has 0 spiro atoms. The Balaban J connectivity index is 2.10. The number of nitrogens with zero attached hydrogens (tertiary/aromatic N) is 1. The Hall–Kier alpha value is -1.47. The molecule has 2 aromatic rings. The van der Waals surface area contributed by atoms with Gasteiger partial charge >= 0.3 is 6.18 Å². The van der Waals surface area contributed by atoms with Gasteiger partial charge in [-0.1, -0.05) is 6.07 Å². The van der Waals surface area contributed by atoms with Crippen molar-refractivity contribution in [1.29, 1.82) is 0 Å². The van der Waals surface area contributed by atoms with Crippen molar-refractivity contribution in [2.75, 3.05) is 0 Å². The molecule has 7 heteroatoms. The van der Waals surface area contributed by atoms with Gasteiger partial charge in [0, 0.05) is 5.56 Å². The molecular weight excluding hydrogens is 306 g/mol. The Morgan fingerprint density at radius 2 is 2.05 bits per heavy atom. The van der Waals surface area contributed by atoms with Gasteiger partial charge in [-0.3, -0.25) is 0 Å². The molecule has 2 nitrogen and oxygen atoms in total. The molecule has 21 heavy (non-hydrogen) atoms. The number of aryl methyl sites for hydroxylation is 1. The van der Waals surface area contributed by atoms with Crippen LogP contribution < -0.4 is 0 Å². The van der Waals surface area contributed by atoms with E-state index in [1.807, 2.05) is 0 Å². The summed E-state index contributed by atoms with van der Waals surface area (Å²) in [4.78, 5) is 4.84. The molecule has 0 saturated carbocycles. The molecular formula is C14H11F4NOS.